The van der Waals surface area contributed by atoms with Crippen molar-refractivity contribution >= 4 is 34.6 Å². The van der Waals surface area contributed by atoms with E-state index in [1.165, 1.54) is 11.3 Å². The lowest BCUT2D eigenvalue weighted by Crippen LogP contribution is -2.46. The van der Waals surface area contributed by atoms with Crippen LogP contribution >= 0.6 is 11.6 Å². The van der Waals surface area contributed by atoms with Crippen molar-refractivity contribution in [2.24, 2.45) is 0 Å². The van der Waals surface area contributed by atoms with Gasteiger partial charge in [-0.25, -0.2) is 9.97 Å². The molecular weight excluding hydrogens is 358 g/mol. The highest BCUT2D eigenvalue weighted by Crippen LogP contribution is 2.23. The first-order valence-electron chi connectivity index (χ1n) is 9.08. The average molecular weight is 380 g/mol. The molecule has 0 radical (unpaired) electrons. The average Bonchev–Trinajstić information content (AvgIpc) is 2.70. The number of aromatic nitrogens is 2. The summed E-state index contributed by atoms with van der Waals surface area (Å²) in [7, 11) is 0. The molecular formula is C21H22ClN5. The second-order valence-corrected chi connectivity index (χ2v) is 7.14. The molecule has 0 atom stereocenters. The number of hydrogen-bond acceptors (Lipinski definition) is 5. The third-order valence-corrected chi connectivity index (χ3v) is 4.99. The predicted molar refractivity (Wildman–Crippen MR) is 112 cm³/mol. The molecule has 3 aromatic rings. The Morgan fingerprint density at radius 2 is 1.63 bits per heavy atom. The van der Waals surface area contributed by atoms with E-state index >= 15 is 0 Å². The number of aryl methyl sites for hydroxylation is 1. The second kappa shape index (κ2) is 7.84. The molecule has 2 heterocycles. The van der Waals surface area contributed by atoms with Gasteiger partial charge in [0.25, 0.3) is 0 Å². The van der Waals surface area contributed by atoms with E-state index in [9.17, 15) is 0 Å². The predicted octanol–water partition coefficient (Wildman–Crippen LogP) is 4.51. The van der Waals surface area contributed by atoms with E-state index in [1.54, 1.807) is 6.33 Å². The van der Waals surface area contributed by atoms with Crippen molar-refractivity contribution in [3.8, 4) is 0 Å². The van der Waals surface area contributed by atoms with Crippen molar-refractivity contribution in [2.45, 2.75) is 6.92 Å². The maximum Gasteiger partial charge on any atom is 0.135 e. The van der Waals surface area contributed by atoms with Crippen LogP contribution < -0.4 is 15.1 Å². The summed E-state index contributed by atoms with van der Waals surface area (Å²) in [6.07, 6.45) is 1.61. The fourth-order valence-corrected chi connectivity index (χ4v) is 3.41. The molecule has 138 valence electrons. The minimum Gasteiger partial charge on any atom is -0.368 e. The quantitative estimate of drug-likeness (QED) is 0.722. The van der Waals surface area contributed by atoms with Crippen LogP contribution in [0.3, 0.4) is 0 Å². The molecule has 1 aliphatic heterocycles. The van der Waals surface area contributed by atoms with Crippen molar-refractivity contribution < 1.29 is 0 Å². The Bertz CT molecular complexity index is 904. The Hall–Kier alpha value is -2.79. The highest BCUT2D eigenvalue weighted by Gasteiger charge is 2.18. The van der Waals surface area contributed by atoms with Gasteiger partial charge in [0, 0.05) is 48.6 Å². The molecule has 6 heteroatoms. The summed E-state index contributed by atoms with van der Waals surface area (Å²) in [5, 5.41) is 4.02. The first kappa shape index (κ1) is 17.6. The lowest BCUT2D eigenvalue weighted by atomic mass is 10.2. The zero-order valence-corrected chi connectivity index (χ0v) is 16.0. The molecule has 1 N–H and O–H groups in total. The van der Waals surface area contributed by atoms with Gasteiger partial charge in [-0.1, -0.05) is 23.7 Å². The van der Waals surface area contributed by atoms with Crippen LogP contribution in [-0.4, -0.2) is 36.1 Å². The molecule has 5 nitrogen and oxygen atoms in total. The van der Waals surface area contributed by atoms with Crippen molar-refractivity contribution in [1.82, 2.24) is 9.97 Å². The van der Waals surface area contributed by atoms with Crippen molar-refractivity contribution in [1.29, 1.82) is 0 Å². The molecule has 4 rings (SSSR count). The van der Waals surface area contributed by atoms with E-state index in [0.29, 0.717) is 0 Å². The van der Waals surface area contributed by atoms with E-state index in [4.69, 9.17) is 11.6 Å². The number of nitrogens with zero attached hydrogens (tertiary/aromatic N) is 4. The molecule has 1 aromatic heterocycles. The zero-order chi connectivity index (χ0) is 18.6. The molecule has 0 spiro atoms. The lowest BCUT2D eigenvalue weighted by Gasteiger charge is -2.36. The number of anilines is 4. The van der Waals surface area contributed by atoms with E-state index < -0.39 is 0 Å². The molecule has 0 unspecified atom stereocenters. The molecule has 0 saturated carbocycles. The van der Waals surface area contributed by atoms with Gasteiger partial charge in [-0.3, -0.25) is 0 Å². The SMILES string of the molecule is Cc1cccc(N2CCN(c3cc(Nc4ccc(Cl)cc4)ncn3)CC2)c1. The largest absolute Gasteiger partial charge is 0.368 e. The first-order chi connectivity index (χ1) is 13.2. The monoisotopic (exact) mass is 379 g/mol. The normalized spacial score (nSPS) is 14.3. The maximum absolute atomic E-state index is 5.94. The van der Waals surface area contributed by atoms with Gasteiger partial charge in [0.2, 0.25) is 0 Å². The van der Waals surface area contributed by atoms with Gasteiger partial charge >= 0.3 is 0 Å². The van der Waals surface area contributed by atoms with E-state index in [1.807, 2.05) is 30.3 Å². The minimum absolute atomic E-state index is 0.718. The third-order valence-electron chi connectivity index (χ3n) is 4.74. The maximum atomic E-state index is 5.94. The lowest BCUT2D eigenvalue weighted by molar-refractivity contribution is 0.647. The molecule has 1 aliphatic rings. The van der Waals surface area contributed by atoms with Crippen LogP contribution in [0.5, 0.6) is 0 Å². The highest BCUT2D eigenvalue weighted by molar-refractivity contribution is 6.30. The molecule has 2 aromatic carbocycles. The summed E-state index contributed by atoms with van der Waals surface area (Å²) in [4.78, 5) is 13.5. The smallest absolute Gasteiger partial charge is 0.135 e. The number of rotatable bonds is 4. The summed E-state index contributed by atoms with van der Waals surface area (Å²) in [5.41, 5.74) is 3.54. The Balaban J connectivity index is 1.42. The second-order valence-electron chi connectivity index (χ2n) is 6.71. The van der Waals surface area contributed by atoms with Gasteiger partial charge in [-0.2, -0.15) is 0 Å². The summed E-state index contributed by atoms with van der Waals surface area (Å²) in [6, 6.07) is 18.3. The Labute approximate surface area is 164 Å². The Kier molecular flexibility index (Phi) is 5.12. The van der Waals surface area contributed by atoms with Crippen LogP contribution in [0.25, 0.3) is 0 Å². The van der Waals surface area contributed by atoms with Crippen LogP contribution in [0.4, 0.5) is 23.0 Å². The highest BCUT2D eigenvalue weighted by atomic mass is 35.5. The summed E-state index contributed by atoms with van der Waals surface area (Å²) < 4.78 is 0. The van der Waals surface area contributed by atoms with Gasteiger partial charge in [-0.05, 0) is 48.9 Å². The minimum atomic E-state index is 0.718. The zero-order valence-electron chi connectivity index (χ0n) is 15.3. The van der Waals surface area contributed by atoms with Crippen LogP contribution in [0.2, 0.25) is 5.02 Å². The number of hydrogen-bond donors (Lipinski definition) is 1. The number of nitrogens with one attached hydrogen (secondary N) is 1. The molecule has 0 amide bonds. The number of halogens is 1. The van der Waals surface area contributed by atoms with E-state index in [2.05, 4.69) is 56.3 Å². The number of piperazine rings is 1. The standard InChI is InChI=1S/C21H22ClN5/c1-16-3-2-4-19(13-16)26-9-11-27(12-10-26)21-14-20(23-15-24-21)25-18-7-5-17(22)6-8-18/h2-8,13-15H,9-12H2,1H3,(H,23,24,25). The summed E-state index contributed by atoms with van der Waals surface area (Å²) in [5.74, 6) is 1.73. The van der Waals surface area contributed by atoms with Crippen LogP contribution in [0.1, 0.15) is 5.56 Å². The van der Waals surface area contributed by atoms with Crippen molar-refractivity contribution in [2.75, 3.05) is 41.3 Å². The fourth-order valence-electron chi connectivity index (χ4n) is 3.29. The van der Waals surface area contributed by atoms with Gasteiger partial charge in [0.15, 0.2) is 0 Å². The summed E-state index contributed by atoms with van der Waals surface area (Å²) >= 11 is 5.94. The molecule has 1 saturated heterocycles. The van der Waals surface area contributed by atoms with Gasteiger partial charge in [-0.15, -0.1) is 0 Å². The van der Waals surface area contributed by atoms with Crippen molar-refractivity contribution in [3.05, 3.63) is 71.5 Å². The fraction of sp³-hybridized carbons (Fsp3) is 0.238. The van der Waals surface area contributed by atoms with Gasteiger partial charge in [0.05, 0.1) is 0 Å². The topological polar surface area (TPSA) is 44.3 Å². The Morgan fingerprint density at radius 3 is 2.37 bits per heavy atom. The Morgan fingerprint density at radius 1 is 0.889 bits per heavy atom. The molecule has 0 aliphatic carbocycles. The molecule has 0 bridgehead atoms. The van der Waals surface area contributed by atoms with E-state index in [-0.39, 0.29) is 0 Å². The summed E-state index contributed by atoms with van der Waals surface area (Å²) in [6.45, 7) is 5.97. The van der Waals surface area contributed by atoms with Crippen LogP contribution in [-0.2, 0) is 0 Å². The van der Waals surface area contributed by atoms with Crippen LogP contribution in [0, 0.1) is 6.92 Å². The van der Waals surface area contributed by atoms with Gasteiger partial charge < -0.3 is 15.1 Å². The van der Waals surface area contributed by atoms with Crippen molar-refractivity contribution in [3.63, 3.8) is 0 Å². The van der Waals surface area contributed by atoms with Gasteiger partial charge in [0.1, 0.15) is 18.0 Å². The molecule has 1 fully saturated rings. The number of benzene rings is 2. The first-order valence-corrected chi connectivity index (χ1v) is 9.46. The van der Waals surface area contributed by atoms with E-state index in [0.717, 1.165) is 48.5 Å². The molecule has 27 heavy (non-hydrogen) atoms. The third kappa shape index (κ3) is 4.31. The van der Waals surface area contributed by atoms with Crippen LogP contribution in [0.15, 0.2) is 60.9 Å².